The molecule has 0 saturated heterocycles. The number of hydrogen-bond acceptors (Lipinski definition) is 7. The monoisotopic (exact) mass is 746 g/mol. The molecule has 51 heavy (non-hydrogen) atoms. The molecule has 0 aromatic carbocycles. The highest BCUT2D eigenvalue weighted by Gasteiger charge is 2.20. The number of allylic oxidation sites excluding steroid dienone is 2. The molecule has 2 atom stereocenters. The fourth-order valence-corrected chi connectivity index (χ4v) is 6.69. The standard InChI is InChI=1S/C42H84NO7P/c1-6-8-10-12-14-16-18-19-20-21-22-23-24-25-27-29-31-33-35-42(44)50-41(40-49-51(45,46)48-38-36-43(3,4)5)39-47-37-34-32-30-28-26-17-15-13-11-9-7-2/h11,13,41H,6-10,12,14-40H2,1-5H3/b13-11-. The maximum atomic E-state index is 12.6. The van der Waals surface area contributed by atoms with Crippen LogP contribution in [0, 0.1) is 0 Å². The van der Waals surface area contributed by atoms with E-state index in [0.29, 0.717) is 24.1 Å². The van der Waals surface area contributed by atoms with E-state index >= 15 is 0 Å². The molecule has 9 heteroatoms. The molecule has 0 radical (unpaired) electrons. The summed E-state index contributed by atoms with van der Waals surface area (Å²) in [6, 6.07) is 0. The molecule has 0 saturated carbocycles. The van der Waals surface area contributed by atoms with E-state index in [0.717, 1.165) is 32.1 Å². The number of rotatable bonds is 40. The lowest BCUT2D eigenvalue weighted by atomic mass is 10.0. The zero-order chi connectivity index (χ0) is 37.7. The summed E-state index contributed by atoms with van der Waals surface area (Å²) in [5.41, 5.74) is 0. The second-order valence-electron chi connectivity index (χ2n) is 15.7. The van der Waals surface area contributed by atoms with Gasteiger partial charge in [-0.05, 0) is 32.1 Å². The predicted octanol–water partition coefficient (Wildman–Crippen LogP) is 11.6. The normalized spacial score (nSPS) is 13.9. The molecule has 304 valence electrons. The maximum absolute atomic E-state index is 12.6. The Hall–Kier alpha value is -0.760. The zero-order valence-corrected chi connectivity index (χ0v) is 35.2. The molecule has 0 aromatic heterocycles. The van der Waals surface area contributed by atoms with Crippen molar-refractivity contribution in [3.63, 3.8) is 0 Å². The number of phosphoric acid groups is 1. The molecule has 0 amide bonds. The predicted molar refractivity (Wildman–Crippen MR) is 213 cm³/mol. The summed E-state index contributed by atoms with van der Waals surface area (Å²) < 4.78 is 34.5. The highest BCUT2D eigenvalue weighted by Crippen LogP contribution is 2.38. The highest BCUT2D eigenvalue weighted by atomic mass is 31.2. The largest absolute Gasteiger partial charge is 0.756 e. The number of phosphoric ester groups is 1. The molecule has 0 N–H and O–H groups in total. The van der Waals surface area contributed by atoms with Crippen LogP contribution in [0.15, 0.2) is 12.2 Å². The van der Waals surface area contributed by atoms with Gasteiger partial charge < -0.3 is 27.9 Å². The Morgan fingerprint density at radius 2 is 1.06 bits per heavy atom. The van der Waals surface area contributed by atoms with Crippen LogP contribution in [0.25, 0.3) is 0 Å². The van der Waals surface area contributed by atoms with Crippen molar-refractivity contribution >= 4 is 13.8 Å². The van der Waals surface area contributed by atoms with Crippen LogP contribution in [0.5, 0.6) is 0 Å². The summed E-state index contributed by atoms with van der Waals surface area (Å²) in [6.45, 7) is 5.37. The number of hydrogen-bond donors (Lipinski definition) is 0. The summed E-state index contributed by atoms with van der Waals surface area (Å²) in [4.78, 5) is 25.0. The minimum absolute atomic E-state index is 0.0279. The van der Waals surface area contributed by atoms with Gasteiger partial charge in [-0.15, -0.1) is 0 Å². The lowest BCUT2D eigenvalue weighted by molar-refractivity contribution is -0.870. The van der Waals surface area contributed by atoms with Crippen LogP contribution >= 0.6 is 7.82 Å². The first kappa shape index (κ1) is 50.2. The van der Waals surface area contributed by atoms with Crippen molar-refractivity contribution in [2.45, 2.75) is 200 Å². The van der Waals surface area contributed by atoms with Gasteiger partial charge in [-0.1, -0.05) is 167 Å². The molecule has 0 bridgehead atoms. The van der Waals surface area contributed by atoms with Crippen LogP contribution < -0.4 is 4.89 Å². The van der Waals surface area contributed by atoms with Crippen molar-refractivity contribution in [1.82, 2.24) is 0 Å². The van der Waals surface area contributed by atoms with E-state index in [1.54, 1.807) is 0 Å². The summed E-state index contributed by atoms with van der Waals surface area (Å²) in [6.07, 6.45) is 37.9. The van der Waals surface area contributed by atoms with Gasteiger partial charge in [0.05, 0.1) is 34.4 Å². The molecule has 0 aliphatic carbocycles. The molecule has 8 nitrogen and oxygen atoms in total. The van der Waals surface area contributed by atoms with E-state index in [4.69, 9.17) is 18.5 Å². The van der Waals surface area contributed by atoms with Gasteiger partial charge in [-0.3, -0.25) is 9.36 Å². The average Bonchev–Trinajstić information content (AvgIpc) is 3.08. The second-order valence-corrected chi connectivity index (χ2v) is 17.1. The van der Waals surface area contributed by atoms with Crippen molar-refractivity contribution in [2.75, 3.05) is 54.1 Å². The van der Waals surface area contributed by atoms with Gasteiger partial charge in [0.25, 0.3) is 7.82 Å². The Morgan fingerprint density at radius 3 is 1.57 bits per heavy atom. The first-order valence-electron chi connectivity index (χ1n) is 21.4. The average molecular weight is 746 g/mol. The smallest absolute Gasteiger partial charge is 0.306 e. The molecule has 0 rings (SSSR count). The van der Waals surface area contributed by atoms with E-state index in [1.165, 1.54) is 141 Å². The van der Waals surface area contributed by atoms with Crippen LogP contribution in [0.4, 0.5) is 0 Å². The van der Waals surface area contributed by atoms with Crippen LogP contribution in [0.3, 0.4) is 0 Å². The Morgan fingerprint density at radius 1 is 0.588 bits per heavy atom. The van der Waals surface area contributed by atoms with Crippen LogP contribution in [-0.4, -0.2) is 70.7 Å². The molecule has 0 aliphatic rings. The number of nitrogens with zero attached hydrogens (tertiary/aromatic N) is 1. The van der Waals surface area contributed by atoms with E-state index in [1.807, 2.05) is 21.1 Å². The summed E-state index contributed by atoms with van der Waals surface area (Å²) in [5.74, 6) is -0.333. The maximum Gasteiger partial charge on any atom is 0.306 e. The van der Waals surface area contributed by atoms with Gasteiger partial charge in [0, 0.05) is 13.0 Å². The van der Waals surface area contributed by atoms with Gasteiger partial charge >= 0.3 is 5.97 Å². The topological polar surface area (TPSA) is 94.1 Å². The first-order chi connectivity index (χ1) is 24.6. The first-order valence-corrected chi connectivity index (χ1v) is 22.9. The molecular weight excluding hydrogens is 661 g/mol. The minimum Gasteiger partial charge on any atom is -0.756 e. The fraction of sp³-hybridized carbons (Fsp3) is 0.929. The van der Waals surface area contributed by atoms with Crippen LogP contribution in [0.2, 0.25) is 0 Å². The SMILES string of the molecule is CCC/C=C\CCCCCCCCOCC(COP(=O)([O-])OCC[N+](C)(C)C)OC(=O)CCCCCCCCCCCCCCCCCCCC. The summed E-state index contributed by atoms with van der Waals surface area (Å²) in [5, 5.41) is 0. The molecule has 0 fully saturated rings. The van der Waals surface area contributed by atoms with E-state index < -0.39 is 13.9 Å². The fourth-order valence-electron chi connectivity index (χ4n) is 5.96. The molecular formula is C42H84NO7P. The van der Waals surface area contributed by atoms with Crippen molar-refractivity contribution in [3.05, 3.63) is 12.2 Å². The number of quaternary nitrogens is 1. The number of unbranched alkanes of at least 4 members (excludes halogenated alkanes) is 24. The highest BCUT2D eigenvalue weighted by molar-refractivity contribution is 7.45. The third-order valence-electron chi connectivity index (χ3n) is 9.30. The van der Waals surface area contributed by atoms with E-state index in [-0.39, 0.29) is 25.8 Å². The van der Waals surface area contributed by atoms with Gasteiger partial charge in [-0.25, -0.2) is 0 Å². The summed E-state index contributed by atoms with van der Waals surface area (Å²) >= 11 is 0. The number of esters is 1. The molecule has 0 aromatic rings. The third-order valence-corrected chi connectivity index (χ3v) is 10.3. The lowest BCUT2D eigenvalue weighted by Crippen LogP contribution is -2.37. The van der Waals surface area contributed by atoms with Gasteiger partial charge in [0.2, 0.25) is 0 Å². The Bertz CT molecular complexity index is 833. The van der Waals surface area contributed by atoms with Gasteiger partial charge in [-0.2, -0.15) is 0 Å². The van der Waals surface area contributed by atoms with Crippen molar-refractivity contribution in [1.29, 1.82) is 0 Å². The number of likely N-dealkylation sites (N-methyl/N-ethyl adjacent to an activating group) is 1. The molecule has 2 unspecified atom stereocenters. The van der Waals surface area contributed by atoms with Gasteiger partial charge in [0.1, 0.15) is 19.3 Å². The van der Waals surface area contributed by atoms with Crippen molar-refractivity contribution in [3.8, 4) is 0 Å². The quantitative estimate of drug-likeness (QED) is 0.0203. The number of ether oxygens (including phenoxy) is 2. The van der Waals surface area contributed by atoms with Crippen molar-refractivity contribution in [2.24, 2.45) is 0 Å². The van der Waals surface area contributed by atoms with E-state index in [9.17, 15) is 14.3 Å². The molecule has 0 spiro atoms. The van der Waals surface area contributed by atoms with Crippen LogP contribution in [0.1, 0.15) is 194 Å². The second kappa shape index (κ2) is 36.2. The molecule has 0 aliphatic heterocycles. The Kier molecular flexibility index (Phi) is 35.7. The third kappa shape index (κ3) is 40.3. The summed E-state index contributed by atoms with van der Waals surface area (Å²) in [7, 11) is 1.36. The Balaban J connectivity index is 4.17. The van der Waals surface area contributed by atoms with Crippen molar-refractivity contribution < 1.29 is 37.3 Å². The van der Waals surface area contributed by atoms with Gasteiger partial charge in [0.15, 0.2) is 0 Å². The molecule has 0 heterocycles. The number of carbonyl (C=O) groups excluding carboxylic acids is 1. The minimum atomic E-state index is -4.52. The Labute approximate surface area is 316 Å². The van der Waals surface area contributed by atoms with Crippen LogP contribution in [-0.2, 0) is 27.9 Å². The lowest BCUT2D eigenvalue weighted by Gasteiger charge is -2.28. The number of carbonyl (C=O) groups is 1. The zero-order valence-electron chi connectivity index (χ0n) is 34.3. The van der Waals surface area contributed by atoms with E-state index in [2.05, 4.69) is 26.0 Å².